The smallest absolute Gasteiger partial charge is 0.311 e. The maximum atomic E-state index is 12.3. The van der Waals surface area contributed by atoms with E-state index in [4.69, 9.17) is 4.74 Å². The molecule has 1 aromatic rings. The molecule has 0 aliphatic heterocycles. The van der Waals surface area contributed by atoms with Crippen molar-refractivity contribution in [1.82, 2.24) is 5.32 Å². The van der Waals surface area contributed by atoms with Crippen LogP contribution >= 0.6 is 0 Å². The zero-order valence-corrected chi connectivity index (χ0v) is 17.9. The lowest BCUT2D eigenvalue weighted by molar-refractivity contribution is -0.895. The van der Waals surface area contributed by atoms with E-state index in [0.717, 1.165) is 30.8 Å². The van der Waals surface area contributed by atoms with Crippen LogP contribution < -0.4 is 15.0 Å². The number of ether oxygens (including phenoxy) is 1. The molecule has 0 saturated carbocycles. The Bertz CT molecular complexity index is 581. The van der Waals surface area contributed by atoms with Crippen molar-refractivity contribution in [2.24, 2.45) is 0 Å². The summed E-state index contributed by atoms with van der Waals surface area (Å²) in [5.41, 5.74) is 2.06. The predicted molar refractivity (Wildman–Crippen MR) is 109 cm³/mol. The lowest BCUT2D eigenvalue weighted by Gasteiger charge is -2.19. The average Bonchev–Trinajstić information content (AvgIpc) is 2.63. The first-order chi connectivity index (χ1) is 12.8. The number of quaternary nitrogens is 1. The van der Waals surface area contributed by atoms with Crippen LogP contribution in [0.3, 0.4) is 0 Å². The molecule has 0 atom stereocenters. The number of hydrogen-bond acceptors (Lipinski definition) is 3. The number of hydrogen-bond donors (Lipinski definition) is 2. The quantitative estimate of drug-likeness (QED) is 0.460. The maximum Gasteiger partial charge on any atom is 0.311 e. The summed E-state index contributed by atoms with van der Waals surface area (Å²) in [6.07, 6.45) is 0.251. The minimum Gasteiger partial charge on any atom is -0.426 e. The van der Waals surface area contributed by atoms with E-state index in [2.05, 4.69) is 46.9 Å². The van der Waals surface area contributed by atoms with Gasteiger partial charge in [-0.25, -0.2) is 0 Å². The molecule has 27 heavy (non-hydrogen) atoms. The van der Waals surface area contributed by atoms with E-state index in [1.807, 2.05) is 18.2 Å². The summed E-state index contributed by atoms with van der Waals surface area (Å²) in [4.78, 5) is 25.8. The van der Waals surface area contributed by atoms with Crippen molar-refractivity contribution in [2.45, 2.75) is 66.2 Å². The monoisotopic (exact) mass is 377 g/mol. The molecule has 0 spiro atoms. The summed E-state index contributed by atoms with van der Waals surface area (Å²) in [5, 5.41) is 2.89. The molecule has 0 unspecified atom stereocenters. The van der Waals surface area contributed by atoms with E-state index in [1.165, 1.54) is 4.90 Å². The fourth-order valence-electron chi connectivity index (χ4n) is 3.05. The first-order valence-electron chi connectivity index (χ1n) is 10.2. The summed E-state index contributed by atoms with van der Waals surface area (Å²) in [7, 11) is 0. The highest BCUT2D eigenvalue weighted by atomic mass is 16.5. The van der Waals surface area contributed by atoms with Crippen molar-refractivity contribution in [2.75, 3.05) is 26.2 Å². The third-order valence-corrected chi connectivity index (χ3v) is 4.89. The fourth-order valence-corrected chi connectivity index (χ4v) is 3.05. The summed E-state index contributed by atoms with van der Waals surface area (Å²) in [6, 6.07) is 6.01. The molecule has 0 saturated heterocycles. The number of para-hydroxylation sites is 1. The SMILES string of the molecule is CC[NH+](CC)CCNC(=O)CCC(=O)Oc1c(C(C)C)cccc1C(C)C. The Kier molecular flexibility index (Phi) is 10.1. The second kappa shape index (κ2) is 11.8. The molecule has 0 aromatic heterocycles. The number of rotatable bonds is 11. The third kappa shape index (κ3) is 7.71. The molecule has 1 amide bonds. The highest BCUT2D eigenvalue weighted by Gasteiger charge is 2.18. The number of esters is 1. The Morgan fingerprint density at radius 2 is 1.56 bits per heavy atom. The van der Waals surface area contributed by atoms with Crippen LogP contribution in [0.4, 0.5) is 0 Å². The second-order valence-corrected chi connectivity index (χ2v) is 7.61. The van der Waals surface area contributed by atoms with Crippen LogP contribution in [0.2, 0.25) is 0 Å². The number of amides is 1. The van der Waals surface area contributed by atoms with Crippen molar-refractivity contribution < 1.29 is 19.2 Å². The van der Waals surface area contributed by atoms with Gasteiger partial charge >= 0.3 is 5.97 Å². The molecule has 0 fully saturated rings. The van der Waals surface area contributed by atoms with Gasteiger partial charge in [-0.2, -0.15) is 0 Å². The normalized spacial score (nSPS) is 11.3. The van der Waals surface area contributed by atoms with Crippen molar-refractivity contribution in [3.8, 4) is 5.75 Å². The molecule has 0 heterocycles. The van der Waals surface area contributed by atoms with E-state index in [-0.39, 0.29) is 36.6 Å². The molecule has 5 nitrogen and oxygen atoms in total. The van der Waals surface area contributed by atoms with Gasteiger partial charge in [-0.15, -0.1) is 0 Å². The fraction of sp³-hybridized carbons (Fsp3) is 0.636. The standard InChI is InChI=1S/C22H36N2O3/c1-7-24(8-2)15-14-23-20(25)12-13-21(26)27-22-18(16(3)4)10-9-11-19(22)17(5)6/h9-11,16-17H,7-8,12-15H2,1-6H3,(H,23,25)/p+1. The molecule has 0 radical (unpaired) electrons. The van der Waals surface area contributed by atoms with Gasteiger partial charge < -0.3 is 15.0 Å². The maximum absolute atomic E-state index is 12.3. The highest BCUT2D eigenvalue weighted by molar-refractivity contribution is 5.82. The van der Waals surface area contributed by atoms with Gasteiger partial charge in [0.1, 0.15) is 5.75 Å². The van der Waals surface area contributed by atoms with Crippen LogP contribution in [0.25, 0.3) is 0 Å². The second-order valence-electron chi connectivity index (χ2n) is 7.61. The molecule has 0 bridgehead atoms. The van der Waals surface area contributed by atoms with E-state index < -0.39 is 0 Å². The van der Waals surface area contributed by atoms with Crippen molar-refractivity contribution in [3.63, 3.8) is 0 Å². The van der Waals surface area contributed by atoms with E-state index in [1.54, 1.807) is 0 Å². The molecule has 0 aliphatic rings. The lowest BCUT2D eigenvalue weighted by Crippen LogP contribution is -3.12. The topological polar surface area (TPSA) is 59.8 Å². The largest absolute Gasteiger partial charge is 0.426 e. The molecule has 152 valence electrons. The summed E-state index contributed by atoms with van der Waals surface area (Å²) < 4.78 is 5.70. The molecular formula is C22H37N2O3+. The number of carbonyl (C=O) groups excluding carboxylic acids is 2. The zero-order chi connectivity index (χ0) is 20.4. The van der Waals surface area contributed by atoms with E-state index in [0.29, 0.717) is 12.3 Å². The number of likely N-dealkylation sites (N-methyl/N-ethyl adjacent to an activating group) is 1. The van der Waals surface area contributed by atoms with Crippen LogP contribution in [0, 0.1) is 0 Å². The van der Waals surface area contributed by atoms with Gasteiger partial charge in [0, 0.05) is 6.42 Å². The Morgan fingerprint density at radius 1 is 1.00 bits per heavy atom. The van der Waals surface area contributed by atoms with Gasteiger partial charge in [0.25, 0.3) is 0 Å². The average molecular weight is 378 g/mol. The molecule has 2 N–H and O–H groups in total. The first-order valence-corrected chi connectivity index (χ1v) is 10.2. The van der Waals surface area contributed by atoms with Gasteiger partial charge in [-0.1, -0.05) is 45.9 Å². The van der Waals surface area contributed by atoms with Crippen LogP contribution in [-0.2, 0) is 9.59 Å². The van der Waals surface area contributed by atoms with E-state index in [9.17, 15) is 9.59 Å². The Hall–Kier alpha value is -1.88. The molecular weight excluding hydrogens is 340 g/mol. The van der Waals surface area contributed by atoms with Gasteiger partial charge in [-0.05, 0) is 36.8 Å². The van der Waals surface area contributed by atoms with Crippen LogP contribution in [0.15, 0.2) is 18.2 Å². The van der Waals surface area contributed by atoms with Gasteiger partial charge in [0.2, 0.25) is 5.91 Å². The third-order valence-electron chi connectivity index (χ3n) is 4.89. The van der Waals surface area contributed by atoms with Gasteiger partial charge in [0.05, 0.1) is 32.6 Å². The molecule has 1 rings (SSSR count). The Morgan fingerprint density at radius 3 is 2.04 bits per heavy atom. The number of benzene rings is 1. The molecule has 0 aliphatic carbocycles. The zero-order valence-electron chi connectivity index (χ0n) is 17.9. The van der Waals surface area contributed by atoms with Crippen molar-refractivity contribution in [1.29, 1.82) is 0 Å². The minimum atomic E-state index is -0.352. The highest BCUT2D eigenvalue weighted by Crippen LogP contribution is 2.34. The van der Waals surface area contributed by atoms with Gasteiger partial charge in [-0.3, -0.25) is 9.59 Å². The van der Waals surface area contributed by atoms with Crippen LogP contribution in [0.5, 0.6) is 5.75 Å². The van der Waals surface area contributed by atoms with Crippen molar-refractivity contribution >= 4 is 11.9 Å². The Labute approximate surface area is 164 Å². The summed E-state index contributed by atoms with van der Waals surface area (Å²) in [6.45, 7) is 16.3. The summed E-state index contributed by atoms with van der Waals surface area (Å²) in [5.74, 6) is 0.738. The molecule has 5 heteroatoms. The first kappa shape index (κ1) is 23.2. The van der Waals surface area contributed by atoms with Crippen LogP contribution in [-0.4, -0.2) is 38.1 Å². The number of nitrogens with one attached hydrogen (secondary N) is 2. The molecule has 1 aromatic carbocycles. The summed E-state index contributed by atoms with van der Waals surface area (Å²) >= 11 is 0. The minimum absolute atomic E-state index is 0.0912. The number of carbonyl (C=O) groups is 2. The lowest BCUT2D eigenvalue weighted by atomic mass is 9.94. The van der Waals surface area contributed by atoms with E-state index >= 15 is 0 Å². The van der Waals surface area contributed by atoms with Crippen LogP contribution in [0.1, 0.15) is 77.3 Å². The Balaban J connectivity index is 2.59. The van der Waals surface area contributed by atoms with Crippen molar-refractivity contribution in [3.05, 3.63) is 29.3 Å². The predicted octanol–water partition coefficient (Wildman–Crippen LogP) is 2.66. The van der Waals surface area contributed by atoms with Gasteiger partial charge in [0.15, 0.2) is 0 Å².